The van der Waals surface area contributed by atoms with Crippen LogP contribution in [0.15, 0.2) is 48.0 Å². The van der Waals surface area contributed by atoms with Crippen LogP contribution in [0.5, 0.6) is 11.5 Å². The summed E-state index contributed by atoms with van der Waals surface area (Å²) < 4.78 is 24.1. The Balaban J connectivity index is 2.22. The maximum absolute atomic E-state index is 13.0. The van der Waals surface area contributed by atoms with E-state index in [9.17, 15) is 14.4 Å². The fourth-order valence-electron chi connectivity index (χ4n) is 2.35. The molecule has 0 aliphatic rings. The van der Waals surface area contributed by atoms with E-state index in [-0.39, 0.29) is 23.8 Å². The molecule has 0 aromatic heterocycles. The summed E-state index contributed by atoms with van der Waals surface area (Å²) in [6.07, 6.45) is 1.54. The number of benzene rings is 2. The van der Waals surface area contributed by atoms with Gasteiger partial charge in [-0.1, -0.05) is 39.0 Å². The number of hydrogen-bond donors (Lipinski definition) is 0. The third-order valence-electron chi connectivity index (χ3n) is 3.85. The Morgan fingerprint density at radius 2 is 1.81 bits per heavy atom. The van der Waals surface area contributed by atoms with E-state index in [2.05, 4.69) is 0 Å². The Kier molecular flexibility index (Phi) is 6.36. The van der Waals surface area contributed by atoms with Crippen molar-refractivity contribution in [3.8, 4) is 17.6 Å². The van der Waals surface area contributed by atoms with Gasteiger partial charge in [-0.15, -0.1) is 0 Å². The molecule has 0 radical (unpaired) electrons. The lowest BCUT2D eigenvalue weighted by Gasteiger charge is -2.15. The van der Waals surface area contributed by atoms with Gasteiger partial charge in [0.1, 0.15) is 18.5 Å². The van der Waals surface area contributed by atoms with Crippen LogP contribution in [-0.4, -0.2) is 12.9 Å². The largest absolute Gasteiger partial charge is 0.493 e. The van der Waals surface area contributed by atoms with E-state index in [1.54, 1.807) is 57.2 Å². The SMILES string of the molecule is COc1cc(C=C(C#N)C(=O)C(C)(C)C)ccc1OCc1ccc(F)cc1. The van der Waals surface area contributed by atoms with Gasteiger partial charge < -0.3 is 9.47 Å². The number of carbonyl (C=O) groups excluding carboxylic acids is 1. The molecule has 0 fully saturated rings. The number of ether oxygens (including phenoxy) is 2. The fraction of sp³-hybridized carbons (Fsp3) is 0.273. The van der Waals surface area contributed by atoms with Crippen molar-refractivity contribution >= 4 is 11.9 Å². The third kappa shape index (κ3) is 5.42. The average molecular weight is 367 g/mol. The van der Waals surface area contributed by atoms with E-state index in [0.29, 0.717) is 17.1 Å². The van der Waals surface area contributed by atoms with Crippen LogP contribution in [0.1, 0.15) is 31.9 Å². The van der Waals surface area contributed by atoms with Crippen LogP contribution in [0.3, 0.4) is 0 Å². The predicted molar refractivity (Wildman–Crippen MR) is 102 cm³/mol. The standard InChI is InChI=1S/C22H22FNO3/c1-22(2,3)21(25)17(13-24)11-16-7-10-19(20(12-16)26-4)27-14-15-5-8-18(23)9-6-15/h5-12H,14H2,1-4H3. The van der Waals surface area contributed by atoms with Gasteiger partial charge in [0.2, 0.25) is 0 Å². The lowest BCUT2D eigenvalue weighted by Crippen LogP contribution is -2.21. The smallest absolute Gasteiger partial charge is 0.178 e. The second-order valence-corrected chi connectivity index (χ2v) is 7.07. The van der Waals surface area contributed by atoms with E-state index in [0.717, 1.165) is 5.56 Å². The maximum Gasteiger partial charge on any atom is 0.178 e. The number of nitrogens with zero attached hydrogens (tertiary/aromatic N) is 1. The van der Waals surface area contributed by atoms with E-state index < -0.39 is 5.41 Å². The number of Topliss-reactive ketones (excluding diaryl/α,β-unsaturated/α-hetero) is 1. The zero-order valence-corrected chi connectivity index (χ0v) is 15.9. The normalized spacial score (nSPS) is 11.6. The average Bonchev–Trinajstić information content (AvgIpc) is 2.64. The Morgan fingerprint density at radius 3 is 2.37 bits per heavy atom. The van der Waals surface area contributed by atoms with Gasteiger partial charge in [0.05, 0.1) is 12.7 Å². The predicted octanol–water partition coefficient (Wildman–Crippen LogP) is 4.94. The summed E-state index contributed by atoms with van der Waals surface area (Å²) in [5, 5.41) is 9.31. The molecule has 5 heteroatoms. The van der Waals surface area contributed by atoms with Gasteiger partial charge in [-0.2, -0.15) is 5.26 Å². The van der Waals surface area contributed by atoms with Gasteiger partial charge in [-0.25, -0.2) is 4.39 Å². The molecule has 0 atom stereocenters. The highest BCUT2D eigenvalue weighted by Gasteiger charge is 2.25. The van der Waals surface area contributed by atoms with Crippen LogP contribution < -0.4 is 9.47 Å². The molecule has 2 aromatic rings. The first kappa shape index (κ1) is 20.2. The molecule has 2 rings (SSSR count). The molecule has 0 unspecified atom stereocenters. The van der Waals surface area contributed by atoms with Crippen LogP contribution >= 0.6 is 0 Å². The molecule has 27 heavy (non-hydrogen) atoms. The highest BCUT2D eigenvalue weighted by atomic mass is 19.1. The Morgan fingerprint density at radius 1 is 1.15 bits per heavy atom. The van der Waals surface area contributed by atoms with Crippen LogP contribution in [0.2, 0.25) is 0 Å². The van der Waals surface area contributed by atoms with Gasteiger partial charge in [-0.3, -0.25) is 4.79 Å². The highest BCUT2D eigenvalue weighted by Crippen LogP contribution is 2.30. The van der Waals surface area contributed by atoms with Crippen LogP contribution in [0.25, 0.3) is 6.08 Å². The molecule has 140 valence electrons. The molecule has 0 aliphatic heterocycles. The van der Waals surface area contributed by atoms with Crippen molar-refractivity contribution in [2.24, 2.45) is 5.41 Å². The molecule has 0 saturated heterocycles. The molecular formula is C22H22FNO3. The Labute approximate surface area is 158 Å². The molecule has 0 N–H and O–H groups in total. The second-order valence-electron chi connectivity index (χ2n) is 7.07. The first-order chi connectivity index (χ1) is 12.7. The lowest BCUT2D eigenvalue weighted by atomic mass is 9.86. The summed E-state index contributed by atoms with van der Waals surface area (Å²) in [6, 6.07) is 13.2. The molecule has 0 spiro atoms. The van der Waals surface area contributed by atoms with Crippen molar-refractivity contribution < 1.29 is 18.7 Å². The van der Waals surface area contributed by atoms with Crippen molar-refractivity contribution in [1.82, 2.24) is 0 Å². The summed E-state index contributed by atoms with van der Waals surface area (Å²) in [4.78, 5) is 12.3. The first-order valence-electron chi connectivity index (χ1n) is 8.46. The van der Waals surface area contributed by atoms with Crippen molar-refractivity contribution in [2.75, 3.05) is 7.11 Å². The van der Waals surface area contributed by atoms with E-state index in [4.69, 9.17) is 9.47 Å². The molecule has 0 saturated carbocycles. The van der Waals surface area contributed by atoms with Gasteiger partial charge in [0.15, 0.2) is 17.3 Å². The summed E-state index contributed by atoms with van der Waals surface area (Å²) in [5.74, 6) is 0.470. The molecule has 2 aromatic carbocycles. The van der Waals surface area contributed by atoms with Gasteiger partial charge >= 0.3 is 0 Å². The molecule has 0 amide bonds. The van der Waals surface area contributed by atoms with Crippen molar-refractivity contribution in [3.05, 3.63) is 65.0 Å². The van der Waals surface area contributed by atoms with Crippen molar-refractivity contribution in [3.63, 3.8) is 0 Å². The Hall–Kier alpha value is -3.13. The monoisotopic (exact) mass is 367 g/mol. The third-order valence-corrected chi connectivity index (χ3v) is 3.85. The molecule has 0 bridgehead atoms. The number of hydrogen-bond acceptors (Lipinski definition) is 4. The van der Waals surface area contributed by atoms with Gasteiger partial charge in [-0.05, 0) is 41.5 Å². The summed E-state index contributed by atoms with van der Waals surface area (Å²) >= 11 is 0. The van der Waals surface area contributed by atoms with E-state index >= 15 is 0 Å². The van der Waals surface area contributed by atoms with Crippen LogP contribution in [-0.2, 0) is 11.4 Å². The number of halogens is 1. The van der Waals surface area contributed by atoms with Crippen LogP contribution in [0.4, 0.5) is 4.39 Å². The number of rotatable bonds is 6. The van der Waals surface area contributed by atoms with E-state index in [1.165, 1.54) is 19.2 Å². The first-order valence-corrected chi connectivity index (χ1v) is 8.46. The second kappa shape index (κ2) is 8.50. The van der Waals surface area contributed by atoms with Crippen molar-refractivity contribution in [1.29, 1.82) is 5.26 Å². The van der Waals surface area contributed by atoms with Gasteiger partial charge in [0.25, 0.3) is 0 Å². The summed E-state index contributed by atoms with van der Waals surface area (Å²) in [6.45, 7) is 5.58. The lowest BCUT2D eigenvalue weighted by molar-refractivity contribution is -0.121. The Bertz CT molecular complexity index is 887. The summed E-state index contributed by atoms with van der Waals surface area (Å²) in [7, 11) is 1.51. The zero-order chi connectivity index (χ0) is 20.0. The number of methoxy groups -OCH3 is 1. The number of carbonyl (C=O) groups is 1. The molecule has 0 heterocycles. The molecule has 4 nitrogen and oxygen atoms in total. The minimum Gasteiger partial charge on any atom is -0.493 e. The van der Waals surface area contributed by atoms with Crippen LogP contribution in [0, 0.1) is 22.6 Å². The number of ketones is 1. The number of allylic oxidation sites excluding steroid dienone is 1. The van der Waals surface area contributed by atoms with Crippen molar-refractivity contribution in [2.45, 2.75) is 27.4 Å². The molecule has 0 aliphatic carbocycles. The topological polar surface area (TPSA) is 59.3 Å². The zero-order valence-electron chi connectivity index (χ0n) is 15.9. The van der Waals surface area contributed by atoms with Gasteiger partial charge in [0, 0.05) is 5.41 Å². The fourth-order valence-corrected chi connectivity index (χ4v) is 2.35. The summed E-state index contributed by atoms with van der Waals surface area (Å²) in [5.41, 5.74) is 0.939. The highest BCUT2D eigenvalue weighted by molar-refractivity contribution is 6.06. The maximum atomic E-state index is 13.0. The molecular weight excluding hydrogens is 345 g/mol. The minimum atomic E-state index is -0.635. The number of nitriles is 1. The minimum absolute atomic E-state index is 0.0875. The van der Waals surface area contributed by atoms with E-state index in [1.807, 2.05) is 6.07 Å². The quantitative estimate of drug-likeness (QED) is 0.536.